The molecule has 3 atom stereocenters. The molecule has 0 aliphatic carbocycles. The van der Waals surface area contributed by atoms with E-state index >= 15 is 0 Å². The van der Waals surface area contributed by atoms with E-state index < -0.39 is 11.9 Å². The third-order valence-electron chi connectivity index (χ3n) is 3.48. The molecule has 0 aromatic carbocycles. The predicted octanol–water partition coefficient (Wildman–Crippen LogP) is 1.38. The van der Waals surface area contributed by atoms with Gasteiger partial charge in [0, 0.05) is 19.3 Å². The van der Waals surface area contributed by atoms with E-state index in [4.69, 9.17) is 14.2 Å². The van der Waals surface area contributed by atoms with E-state index in [1.54, 1.807) is 6.92 Å². The van der Waals surface area contributed by atoms with E-state index in [1.807, 2.05) is 0 Å². The van der Waals surface area contributed by atoms with Gasteiger partial charge in [-0.2, -0.15) is 0 Å². The van der Waals surface area contributed by atoms with Gasteiger partial charge in [0.1, 0.15) is 0 Å². The lowest BCUT2D eigenvalue weighted by Gasteiger charge is -2.44. The standard InChI is InChI=1S/C13H22O5/c1-2-16-12(15)8-11-7-10(14)9-13(18-11)5-3-4-6-17-13/h10-11,14H,2-9H2,1H3. The lowest BCUT2D eigenvalue weighted by Crippen LogP contribution is -2.50. The van der Waals surface area contributed by atoms with Crippen LogP contribution in [0, 0.1) is 0 Å². The van der Waals surface area contributed by atoms with Gasteiger partial charge in [0.05, 0.1) is 31.8 Å². The second-order valence-corrected chi connectivity index (χ2v) is 5.06. The fourth-order valence-electron chi connectivity index (χ4n) is 2.76. The molecule has 2 aliphatic rings. The molecule has 0 saturated carbocycles. The zero-order valence-electron chi connectivity index (χ0n) is 10.9. The van der Waals surface area contributed by atoms with Crippen LogP contribution in [-0.2, 0) is 19.0 Å². The first-order chi connectivity index (χ1) is 8.63. The van der Waals surface area contributed by atoms with Gasteiger partial charge in [0.25, 0.3) is 0 Å². The molecule has 3 unspecified atom stereocenters. The van der Waals surface area contributed by atoms with Crippen molar-refractivity contribution in [2.75, 3.05) is 13.2 Å². The molecule has 1 spiro atoms. The van der Waals surface area contributed by atoms with Crippen molar-refractivity contribution in [1.82, 2.24) is 0 Å². The van der Waals surface area contributed by atoms with Crippen molar-refractivity contribution in [1.29, 1.82) is 0 Å². The minimum Gasteiger partial charge on any atom is -0.466 e. The van der Waals surface area contributed by atoms with Gasteiger partial charge in [0.15, 0.2) is 5.79 Å². The molecule has 2 saturated heterocycles. The molecule has 0 amide bonds. The number of carbonyl (C=O) groups is 1. The Kier molecular flexibility index (Phi) is 4.59. The Morgan fingerprint density at radius 3 is 3.00 bits per heavy atom. The molecule has 2 aliphatic heterocycles. The molecule has 104 valence electrons. The van der Waals surface area contributed by atoms with Crippen molar-refractivity contribution in [3.05, 3.63) is 0 Å². The number of ether oxygens (including phenoxy) is 3. The van der Waals surface area contributed by atoms with E-state index in [2.05, 4.69) is 0 Å². The number of aliphatic hydroxyl groups is 1. The second kappa shape index (κ2) is 5.99. The van der Waals surface area contributed by atoms with Crippen LogP contribution in [-0.4, -0.2) is 42.3 Å². The van der Waals surface area contributed by atoms with Crippen molar-refractivity contribution in [3.8, 4) is 0 Å². The molecule has 2 fully saturated rings. The van der Waals surface area contributed by atoms with Gasteiger partial charge in [-0.15, -0.1) is 0 Å². The Labute approximate surface area is 107 Å². The van der Waals surface area contributed by atoms with Crippen LogP contribution >= 0.6 is 0 Å². The van der Waals surface area contributed by atoms with Gasteiger partial charge in [0.2, 0.25) is 0 Å². The smallest absolute Gasteiger partial charge is 0.308 e. The van der Waals surface area contributed by atoms with Crippen LogP contribution < -0.4 is 0 Å². The summed E-state index contributed by atoms with van der Waals surface area (Å²) >= 11 is 0. The Morgan fingerprint density at radius 2 is 2.33 bits per heavy atom. The number of hydrogen-bond acceptors (Lipinski definition) is 5. The zero-order chi connectivity index (χ0) is 13.0. The van der Waals surface area contributed by atoms with Gasteiger partial charge in [-0.05, 0) is 19.8 Å². The molecule has 0 aromatic rings. The summed E-state index contributed by atoms with van der Waals surface area (Å²) in [7, 11) is 0. The van der Waals surface area contributed by atoms with E-state index in [0.29, 0.717) is 26.1 Å². The lowest BCUT2D eigenvalue weighted by atomic mass is 9.92. The van der Waals surface area contributed by atoms with Crippen LogP contribution in [0.3, 0.4) is 0 Å². The van der Waals surface area contributed by atoms with Crippen molar-refractivity contribution in [2.45, 2.75) is 63.4 Å². The molecule has 5 nitrogen and oxygen atoms in total. The molecular formula is C13H22O5. The van der Waals surface area contributed by atoms with Gasteiger partial charge in [-0.3, -0.25) is 4.79 Å². The quantitative estimate of drug-likeness (QED) is 0.775. The van der Waals surface area contributed by atoms with Crippen LogP contribution in [0.25, 0.3) is 0 Å². The van der Waals surface area contributed by atoms with Crippen molar-refractivity contribution in [3.63, 3.8) is 0 Å². The summed E-state index contributed by atoms with van der Waals surface area (Å²) < 4.78 is 16.5. The fraction of sp³-hybridized carbons (Fsp3) is 0.923. The van der Waals surface area contributed by atoms with Crippen molar-refractivity contribution < 1.29 is 24.1 Å². The average molecular weight is 258 g/mol. The SMILES string of the molecule is CCOC(=O)CC1CC(O)CC2(CCCCO2)O1. The number of carbonyl (C=O) groups excluding carboxylic acids is 1. The van der Waals surface area contributed by atoms with Crippen LogP contribution in [0.1, 0.15) is 45.4 Å². The Morgan fingerprint density at radius 1 is 1.50 bits per heavy atom. The minimum absolute atomic E-state index is 0.190. The molecule has 0 radical (unpaired) electrons. The fourth-order valence-corrected chi connectivity index (χ4v) is 2.76. The monoisotopic (exact) mass is 258 g/mol. The highest BCUT2D eigenvalue weighted by molar-refractivity contribution is 5.69. The molecule has 0 aromatic heterocycles. The summed E-state index contributed by atoms with van der Waals surface area (Å²) in [6.07, 6.45) is 3.28. The van der Waals surface area contributed by atoms with E-state index in [9.17, 15) is 9.90 Å². The molecule has 1 N–H and O–H groups in total. The maximum Gasteiger partial charge on any atom is 0.308 e. The maximum absolute atomic E-state index is 11.5. The van der Waals surface area contributed by atoms with Crippen molar-refractivity contribution >= 4 is 5.97 Å². The first-order valence-corrected chi connectivity index (χ1v) is 6.79. The third-order valence-corrected chi connectivity index (χ3v) is 3.48. The molecule has 2 heterocycles. The summed E-state index contributed by atoms with van der Waals surface area (Å²) in [5.41, 5.74) is 0. The van der Waals surface area contributed by atoms with E-state index in [1.165, 1.54) is 0 Å². The van der Waals surface area contributed by atoms with Gasteiger partial charge >= 0.3 is 5.97 Å². The van der Waals surface area contributed by atoms with Crippen molar-refractivity contribution in [2.24, 2.45) is 0 Å². The summed E-state index contributed by atoms with van der Waals surface area (Å²) in [6, 6.07) is 0. The molecule has 0 bridgehead atoms. The average Bonchev–Trinajstić information content (AvgIpc) is 2.28. The minimum atomic E-state index is -0.674. The Hall–Kier alpha value is -0.650. The highest BCUT2D eigenvalue weighted by Gasteiger charge is 2.43. The van der Waals surface area contributed by atoms with Crippen LogP contribution in [0.4, 0.5) is 0 Å². The van der Waals surface area contributed by atoms with E-state index in [-0.39, 0.29) is 18.5 Å². The van der Waals surface area contributed by atoms with Crippen LogP contribution in [0.15, 0.2) is 0 Å². The summed E-state index contributed by atoms with van der Waals surface area (Å²) in [5, 5.41) is 9.93. The highest BCUT2D eigenvalue weighted by Crippen LogP contribution is 2.37. The van der Waals surface area contributed by atoms with E-state index in [0.717, 1.165) is 19.3 Å². The number of rotatable bonds is 3. The Bertz CT molecular complexity index is 285. The second-order valence-electron chi connectivity index (χ2n) is 5.06. The molecular weight excluding hydrogens is 236 g/mol. The first-order valence-electron chi connectivity index (χ1n) is 6.79. The third kappa shape index (κ3) is 3.43. The normalized spacial score (nSPS) is 36.6. The van der Waals surface area contributed by atoms with Gasteiger partial charge < -0.3 is 19.3 Å². The summed E-state index contributed by atoms with van der Waals surface area (Å²) in [4.78, 5) is 11.5. The van der Waals surface area contributed by atoms with Crippen LogP contribution in [0.2, 0.25) is 0 Å². The zero-order valence-corrected chi connectivity index (χ0v) is 10.9. The summed E-state index contributed by atoms with van der Waals surface area (Å²) in [6.45, 7) is 2.81. The topological polar surface area (TPSA) is 65.0 Å². The molecule has 5 heteroatoms. The number of aliphatic hydroxyl groups excluding tert-OH is 1. The number of esters is 1. The summed E-state index contributed by atoms with van der Waals surface area (Å²) in [5.74, 6) is -0.949. The van der Waals surface area contributed by atoms with Gasteiger partial charge in [-0.25, -0.2) is 0 Å². The van der Waals surface area contributed by atoms with Crippen LogP contribution in [0.5, 0.6) is 0 Å². The largest absolute Gasteiger partial charge is 0.466 e. The molecule has 18 heavy (non-hydrogen) atoms. The first kappa shape index (κ1) is 13.8. The highest BCUT2D eigenvalue weighted by atomic mass is 16.7. The Balaban J connectivity index is 1.93. The predicted molar refractivity (Wildman–Crippen MR) is 63.9 cm³/mol. The lowest BCUT2D eigenvalue weighted by molar-refractivity contribution is -0.309. The van der Waals surface area contributed by atoms with Gasteiger partial charge in [-0.1, -0.05) is 0 Å². The number of hydrogen-bond donors (Lipinski definition) is 1. The maximum atomic E-state index is 11.5. The molecule has 2 rings (SSSR count).